The maximum Gasteiger partial charge on any atom is 0.340 e. The Bertz CT molecular complexity index is 996. The fourth-order valence-electron chi connectivity index (χ4n) is 3.11. The molecule has 0 saturated carbocycles. The Morgan fingerprint density at radius 1 is 1.07 bits per heavy atom. The maximum absolute atomic E-state index is 12.6. The van der Waals surface area contributed by atoms with Crippen LogP contribution in [-0.2, 0) is 16.0 Å². The molecule has 0 spiro atoms. The second-order valence-corrected chi connectivity index (χ2v) is 7.90. The first-order chi connectivity index (χ1) is 14.5. The van der Waals surface area contributed by atoms with Crippen LogP contribution < -0.4 is 10.1 Å². The zero-order valence-corrected chi connectivity index (χ0v) is 18.1. The van der Waals surface area contributed by atoms with Crippen molar-refractivity contribution in [3.05, 3.63) is 82.2 Å². The molecule has 2 aromatic carbocycles. The summed E-state index contributed by atoms with van der Waals surface area (Å²) in [5, 5.41) is 3.40. The number of hydrogen-bond donors (Lipinski definition) is 1. The van der Waals surface area contributed by atoms with Crippen molar-refractivity contribution in [3.63, 3.8) is 0 Å². The standard InChI is InChI=1S/C24H25NO4S/c1-4-29-19-12-10-17(11-13-19)14-22(26)25-23-20(24(27)28-3)15-21(30-23)16(2)18-8-6-5-7-9-18/h5-13,15-16H,4,14H2,1-3H3,(H,25,26)/t16-/m0/s1. The third kappa shape index (κ3) is 5.27. The van der Waals surface area contributed by atoms with Crippen LogP contribution in [0.3, 0.4) is 0 Å². The van der Waals surface area contributed by atoms with Crippen LogP contribution in [0.2, 0.25) is 0 Å². The van der Waals surface area contributed by atoms with E-state index >= 15 is 0 Å². The number of thiophene rings is 1. The third-order valence-electron chi connectivity index (χ3n) is 4.73. The van der Waals surface area contributed by atoms with E-state index in [0.717, 1.165) is 21.8 Å². The smallest absolute Gasteiger partial charge is 0.340 e. The van der Waals surface area contributed by atoms with E-state index in [-0.39, 0.29) is 18.2 Å². The Balaban J connectivity index is 1.77. The molecule has 1 atom stereocenters. The van der Waals surface area contributed by atoms with Crippen LogP contribution in [-0.4, -0.2) is 25.6 Å². The van der Waals surface area contributed by atoms with Gasteiger partial charge in [-0.3, -0.25) is 4.79 Å². The molecule has 0 saturated heterocycles. The summed E-state index contributed by atoms with van der Waals surface area (Å²) < 4.78 is 10.3. The molecule has 0 radical (unpaired) electrons. The van der Waals surface area contributed by atoms with Crippen molar-refractivity contribution in [2.75, 3.05) is 19.0 Å². The van der Waals surface area contributed by atoms with Crippen LogP contribution in [0.25, 0.3) is 0 Å². The zero-order chi connectivity index (χ0) is 21.5. The van der Waals surface area contributed by atoms with Gasteiger partial charge >= 0.3 is 5.97 Å². The SMILES string of the molecule is CCOc1ccc(CC(=O)Nc2sc([C@@H](C)c3ccccc3)cc2C(=O)OC)cc1. The third-order valence-corrected chi connectivity index (χ3v) is 5.97. The highest BCUT2D eigenvalue weighted by atomic mass is 32.1. The molecule has 0 aliphatic carbocycles. The summed E-state index contributed by atoms with van der Waals surface area (Å²) in [6, 6.07) is 19.3. The lowest BCUT2D eigenvalue weighted by molar-refractivity contribution is -0.115. The van der Waals surface area contributed by atoms with E-state index in [9.17, 15) is 9.59 Å². The van der Waals surface area contributed by atoms with Crippen LogP contribution >= 0.6 is 11.3 Å². The highest BCUT2D eigenvalue weighted by Gasteiger charge is 2.21. The Kier molecular flexibility index (Phi) is 7.25. The number of amides is 1. The van der Waals surface area contributed by atoms with E-state index in [2.05, 4.69) is 12.2 Å². The number of methoxy groups -OCH3 is 1. The quantitative estimate of drug-likeness (QED) is 0.502. The number of anilines is 1. The molecular formula is C24H25NO4S. The molecule has 5 nitrogen and oxygen atoms in total. The van der Waals surface area contributed by atoms with Crippen molar-refractivity contribution >= 4 is 28.2 Å². The van der Waals surface area contributed by atoms with Crippen LogP contribution in [0.4, 0.5) is 5.00 Å². The molecular weight excluding hydrogens is 398 g/mol. The zero-order valence-electron chi connectivity index (χ0n) is 17.3. The molecule has 1 heterocycles. The minimum Gasteiger partial charge on any atom is -0.494 e. The van der Waals surface area contributed by atoms with Crippen LogP contribution in [0.15, 0.2) is 60.7 Å². The van der Waals surface area contributed by atoms with E-state index in [1.165, 1.54) is 18.4 Å². The highest BCUT2D eigenvalue weighted by molar-refractivity contribution is 7.16. The van der Waals surface area contributed by atoms with Gasteiger partial charge in [-0.15, -0.1) is 11.3 Å². The van der Waals surface area contributed by atoms with Gasteiger partial charge in [0.1, 0.15) is 10.8 Å². The molecule has 3 rings (SSSR count). The summed E-state index contributed by atoms with van der Waals surface area (Å²) in [5.41, 5.74) is 2.38. The molecule has 3 aromatic rings. The number of nitrogens with one attached hydrogen (secondary N) is 1. The molecule has 0 fully saturated rings. The maximum atomic E-state index is 12.6. The number of ether oxygens (including phenoxy) is 2. The molecule has 0 bridgehead atoms. The second kappa shape index (κ2) is 10.1. The average molecular weight is 424 g/mol. The summed E-state index contributed by atoms with van der Waals surface area (Å²) in [6.07, 6.45) is 0.203. The van der Waals surface area contributed by atoms with Gasteiger partial charge < -0.3 is 14.8 Å². The highest BCUT2D eigenvalue weighted by Crippen LogP contribution is 2.36. The normalized spacial score (nSPS) is 11.6. The summed E-state index contributed by atoms with van der Waals surface area (Å²) >= 11 is 1.40. The van der Waals surface area contributed by atoms with Gasteiger partial charge in [0.15, 0.2) is 0 Å². The fraction of sp³-hybridized carbons (Fsp3) is 0.250. The summed E-state index contributed by atoms with van der Waals surface area (Å²) in [7, 11) is 1.34. The van der Waals surface area contributed by atoms with Gasteiger partial charge in [-0.05, 0) is 36.2 Å². The van der Waals surface area contributed by atoms with E-state index in [0.29, 0.717) is 17.2 Å². The minimum absolute atomic E-state index is 0.0939. The minimum atomic E-state index is -0.464. The lowest BCUT2D eigenvalue weighted by atomic mass is 9.99. The largest absolute Gasteiger partial charge is 0.494 e. The van der Waals surface area contributed by atoms with Gasteiger partial charge in [0.05, 0.1) is 25.7 Å². The first-order valence-corrected chi connectivity index (χ1v) is 10.6. The van der Waals surface area contributed by atoms with Crippen molar-refractivity contribution < 1.29 is 19.1 Å². The van der Waals surface area contributed by atoms with Gasteiger partial charge in [-0.1, -0.05) is 49.4 Å². The van der Waals surface area contributed by atoms with Crippen molar-refractivity contribution in [1.82, 2.24) is 0 Å². The lowest BCUT2D eigenvalue weighted by Gasteiger charge is -2.09. The summed E-state index contributed by atoms with van der Waals surface area (Å²) in [6.45, 7) is 4.60. The van der Waals surface area contributed by atoms with E-state index in [1.54, 1.807) is 6.07 Å². The molecule has 6 heteroatoms. The predicted octanol–water partition coefficient (Wildman–Crippen LogP) is 5.27. The molecule has 0 unspecified atom stereocenters. The number of hydrogen-bond acceptors (Lipinski definition) is 5. The molecule has 1 N–H and O–H groups in total. The lowest BCUT2D eigenvalue weighted by Crippen LogP contribution is -2.15. The van der Waals surface area contributed by atoms with Gasteiger partial charge in [-0.2, -0.15) is 0 Å². The van der Waals surface area contributed by atoms with Gasteiger partial charge in [0, 0.05) is 10.8 Å². The Morgan fingerprint density at radius 3 is 2.40 bits per heavy atom. The van der Waals surface area contributed by atoms with Gasteiger partial charge in [0.25, 0.3) is 0 Å². The van der Waals surface area contributed by atoms with Crippen molar-refractivity contribution in [3.8, 4) is 5.75 Å². The molecule has 1 amide bonds. The summed E-state index contributed by atoms with van der Waals surface area (Å²) in [5.74, 6) is 0.211. The number of carbonyl (C=O) groups is 2. The van der Waals surface area contributed by atoms with E-state index in [1.807, 2.05) is 61.5 Å². The second-order valence-electron chi connectivity index (χ2n) is 6.82. The first-order valence-electron chi connectivity index (χ1n) is 9.80. The monoisotopic (exact) mass is 423 g/mol. The molecule has 0 aliphatic heterocycles. The van der Waals surface area contributed by atoms with Gasteiger partial charge in [0.2, 0.25) is 5.91 Å². The summed E-state index contributed by atoms with van der Waals surface area (Å²) in [4.78, 5) is 25.9. The van der Waals surface area contributed by atoms with Crippen LogP contribution in [0.1, 0.15) is 46.1 Å². The average Bonchev–Trinajstić information content (AvgIpc) is 3.18. The number of benzene rings is 2. The Hall–Kier alpha value is -3.12. The molecule has 1 aromatic heterocycles. The van der Waals surface area contributed by atoms with Crippen LogP contribution in [0, 0.1) is 0 Å². The predicted molar refractivity (Wildman–Crippen MR) is 120 cm³/mol. The fourth-order valence-corrected chi connectivity index (χ4v) is 4.25. The molecule has 0 aliphatic rings. The topological polar surface area (TPSA) is 64.6 Å². The number of rotatable bonds is 8. The van der Waals surface area contributed by atoms with Crippen molar-refractivity contribution in [2.45, 2.75) is 26.2 Å². The molecule has 30 heavy (non-hydrogen) atoms. The number of esters is 1. The Morgan fingerprint density at radius 2 is 1.77 bits per heavy atom. The van der Waals surface area contributed by atoms with E-state index in [4.69, 9.17) is 9.47 Å². The first kappa shape index (κ1) is 21.6. The van der Waals surface area contributed by atoms with Crippen molar-refractivity contribution in [1.29, 1.82) is 0 Å². The van der Waals surface area contributed by atoms with E-state index < -0.39 is 5.97 Å². The van der Waals surface area contributed by atoms with Crippen molar-refractivity contribution in [2.24, 2.45) is 0 Å². The Labute approximate surface area is 180 Å². The van der Waals surface area contributed by atoms with Crippen LogP contribution in [0.5, 0.6) is 5.75 Å². The number of carbonyl (C=O) groups excluding carboxylic acids is 2. The van der Waals surface area contributed by atoms with Gasteiger partial charge in [-0.25, -0.2) is 4.79 Å². The molecule has 156 valence electrons.